The second kappa shape index (κ2) is 7.04. The van der Waals surface area contributed by atoms with Gasteiger partial charge in [0.25, 0.3) is 5.91 Å². The molecule has 0 bridgehead atoms. The molecular formula is C15H18N2O3. The van der Waals surface area contributed by atoms with Crippen LogP contribution in [-0.4, -0.2) is 41.9 Å². The predicted molar refractivity (Wildman–Crippen MR) is 74.1 cm³/mol. The lowest BCUT2D eigenvalue weighted by Gasteiger charge is -2.14. The summed E-state index contributed by atoms with van der Waals surface area (Å²) in [6, 6.07) is 3.43. The molecule has 0 aliphatic carbocycles. The van der Waals surface area contributed by atoms with Crippen molar-refractivity contribution in [3.05, 3.63) is 29.6 Å². The Morgan fingerprint density at radius 3 is 3.20 bits per heavy atom. The van der Waals surface area contributed by atoms with Gasteiger partial charge in [-0.1, -0.05) is 11.8 Å². The van der Waals surface area contributed by atoms with Crippen LogP contribution in [0.15, 0.2) is 18.3 Å². The van der Waals surface area contributed by atoms with E-state index in [0.29, 0.717) is 23.7 Å². The second-order valence-electron chi connectivity index (χ2n) is 4.69. The van der Waals surface area contributed by atoms with Crippen molar-refractivity contribution in [2.75, 3.05) is 19.8 Å². The van der Waals surface area contributed by atoms with Crippen molar-refractivity contribution in [1.29, 1.82) is 0 Å². The Morgan fingerprint density at radius 2 is 2.50 bits per heavy atom. The van der Waals surface area contributed by atoms with E-state index in [1.54, 1.807) is 18.3 Å². The standard InChI is InChI=1S/C15H18N2O3/c1-11-13(6-9-20-11)10-17-15(19)14-12(5-3-8-18)4-2-7-16-14/h2,4,7,11,13,18H,6,8-10H2,1H3,(H,17,19). The molecule has 1 aromatic heterocycles. The van der Waals surface area contributed by atoms with Gasteiger partial charge in [0.15, 0.2) is 0 Å². The molecule has 2 heterocycles. The number of amides is 1. The monoisotopic (exact) mass is 274 g/mol. The van der Waals surface area contributed by atoms with Crippen LogP contribution in [-0.2, 0) is 4.74 Å². The van der Waals surface area contributed by atoms with Gasteiger partial charge < -0.3 is 15.2 Å². The smallest absolute Gasteiger partial charge is 0.271 e. The number of hydrogen-bond donors (Lipinski definition) is 2. The van der Waals surface area contributed by atoms with Crippen LogP contribution in [0.5, 0.6) is 0 Å². The molecule has 2 N–H and O–H groups in total. The van der Waals surface area contributed by atoms with E-state index >= 15 is 0 Å². The Labute approximate surface area is 118 Å². The molecule has 2 unspecified atom stereocenters. The van der Waals surface area contributed by atoms with Crippen LogP contribution in [0.2, 0.25) is 0 Å². The van der Waals surface area contributed by atoms with Crippen molar-refractivity contribution in [3.8, 4) is 11.8 Å². The SMILES string of the molecule is CC1OCCC1CNC(=O)c1ncccc1C#CCO. The Kier molecular flexibility index (Phi) is 5.10. The van der Waals surface area contributed by atoms with Gasteiger partial charge in [0, 0.05) is 25.3 Å². The average Bonchev–Trinajstić information content (AvgIpc) is 2.88. The van der Waals surface area contributed by atoms with E-state index in [4.69, 9.17) is 9.84 Å². The summed E-state index contributed by atoms with van der Waals surface area (Å²) < 4.78 is 5.46. The fourth-order valence-corrected chi connectivity index (χ4v) is 2.17. The van der Waals surface area contributed by atoms with Gasteiger partial charge in [-0.2, -0.15) is 0 Å². The zero-order valence-electron chi connectivity index (χ0n) is 11.4. The van der Waals surface area contributed by atoms with E-state index in [-0.39, 0.29) is 18.6 Å². The summed E-state index contributed by atoms with van der Waals surface area (Å²) >= 11 is 0. The molecule has 5 heteroatoms. The highest BCUT2D eigenvalue weighted by atomic mass is 16.5. The Hall–Kier alpha value is -1.90. The molecule has 1 aromatic rings. The molecule has 1 saturated heterocycles. The molecule has 0 radical (unpaired) electrons. The Bertz CT molecular complexity index is 533. The molecule has 2 atom stereocenters. The summed E-state index contributed by atoms with van der Waals surface area (Å²) in [7, 11) is 0. The number of hydrogen-bond acceptors (Lipinski definition) is 4. The number of nitrogens with zero attached hydrogens (tertiary/aromatic N) is 1. The highest BCUT2D eigenvalue weighted by Crippen LogP contribution is 2.19. The fourth-order valence-electron chi connectivity index (χ4n) is 2.17. The fraction of sp³-hybridized carbons (Fsp3) is 0.467. The lowest BCUT2D eigenvalue weighted by molar-refractivity contribution is 0.0903. The van der Waals surface area contributed by atoms with Crippen molar-refractivity contribution >= 4 is 5.91 Å². The number of carbonyl (C=O) groups is 1. The minimum Gasteiger partial charge on any atom is -0.384 e. The van der Waals surface area contributed by atoms with Crippen LogP contribution in [0.3, 0.4) is 0 Å². The number of ether oxygens (including phenoxy) is 1. The van der Waals surface area contributed by atoms with E-state index in [0.717, 1.165) is 13.0 Å². The molecule has 1 aliphatic rings. The number of aromatic nitrogens is 1. The first-order chi connectivity index (χ1) is 9.72. The number of carbonyl (C=O) groups excluding carboxylic acids is 1. The average molecular weight is 274 g/mol. The highest BCUT2D eigenvalue weighted by molar-refractivity contribution is 5.94. The molecule has 0 aromatic carbocycles. The summed E-state index contributed by atoms with van der Waals surface area (Å²) in [5, 5.41) is 11.6. The largest absolute Gasteiger partial charge is 0.384 e. The minimum absolute atomic E-state index is 0.174. The topological polar surface area (TPSA) is 71.5 Å². The summed E-state index contributed by atoms with van der Waals surface area (Å²) in [6.45, 7) is 3.09. The quantitative estimate of drug-likeness (QED) is 0.791. The molecule has 1 fully saturated rings. The number of aliphatic hydroxyl groups excluding tert-OH is 1. The van der Waals surface area contributed by atoms with Crippen molar-refractivity contribution in [2.24, 2.45) is 5.92 Å². The maximum atomic E-state index is 12.1. The summed E-state index contributed by atoms with van der Waals surface area (Å²) in [4.78, 5) is 16.2. The third-order valence-electron chi connectivity index (χ3n) is 3.38. The first kappa shape index (κ1) is 14.5. The van der Waals surface area contributed by atoms with E-state index < -0.39 is 0 Å². The van der Waals surface area contributed by atoms with Crippen molar-refractivity contribution in [2.45, 2.75) is 19.4 Å². The third kappa shape index (κ3) is 3.56. The number of pyridine rings is 1. The molecule has 5 nitrogen and oxygen atoms in total. The van der Waals surface area contributed by atoms with Gasteiger partial charge in [-0.25, -0.2) is 4.98 Å². The predicted octanol–water partition coefficient (Wildman–Crippen LogP) is 0.580. The molecule has 1 aliphatic heterocycles. The molecule has 0 spiro atoms. The molecule has 2 rings (SSSR count). The van der Waals surface area contributed by atoms with E-state index in [1.165, 1.54) is 0 Å². The summed E-state index contributed by atoms with van der Waals surface area (Å²) in [5.41, 5.74) is 0.815. The Balaban J connectivity index is 2.02. The summed E-state index contributed by atoms with van der Waals surface area (Å²) in [6.07, 6.45) is 2.69. The lowest BCUT2D eigenvalue weighted by Crippen LogP contribution is -2.32. The highest BCUT2D eigenvalue weighted by Gasteiger charge is 2.25. The number of nitrogens with one attached hydrogen (secondary N) is 1. The molecule has 106 valence electrons. The first-order valence-electron chi connectivity index (χ1n) is 6.67. The molecule has 1 amide bonds. The van der Waals surface area contributed by atoms with Crippen LogP contribution in [0, 0.1) is 17.8 Å². The van der Waals surface area contributed by atoms with E-state index in [2.05, 4.69) is 22.1 Å². The van der Waals surface area contributed by atoms with Crippen LogP contribution in [0.25, 0.3) is 0 Å². The van der Waals surface area contributed by atoms with Crippen molar-refractivity contribution < 1.29 is 14.6 Å². The van der Waals surface area contributed by atoms with Gasteiger partial charge in [-0.05, 0) is 25.5 Å². The van der Waals surface area contributed by atoms with Crippen LogP contribution in [0.4, 0.5) is 0 Å². The maximum Gasteiger partial charge on any atom is 0.271 e. The van der Waals surface area contributed by atoms with E-state index in [1.807, 2.05) is 6.92 Å². The van der Waals surface area contributed by atoms with Gasteiger partial charge in [-0.15, -0.1) is 0 Å². The molecular weight excluding hydrogens is 256 g/mol. The van der Waals surface area contributed by atoms with Crippen molar-refractivity contribution in [1.82, 2.24) is 10.3 Å². The maximum absolute atomic E-state index is 12.1. The Morgan fingerprint density at radius 1 is 1.65 bits per heavy atom. The molecule has 20 heavy (non-hydrogen) atoms. The van der Waals surface area contributed by atoms with Gasteiger partial charge in [0.1, 0.15) is 12.3 Å². The van der Waals surface area contributed by atoms with Crippen LogP contribution in [0.1, 0.15) is 29.4 Å². The van der Waals surface area contributed by atoms with Gasteiger partial charge in [0.2, 0.25) is 0 Å². The number of aliphatic hydroxyl groups is 1. The third-order valence-corrected chi connectivity index (χ3v) is 3.38. The van der Waals surface area contributed by atoms with Gasteiger partial charge >= 0.3 is 0 Å². The molecule has 0 saturated carbocycles. The zero-order chi connectivity index (χ0) is 14.4. The van der Waals surface area contributed by atoms with Crippen LogP contribution >= 0.6 is 0 Å². The normalized spacial score (nSPS) is 21.1. The van der Waals surface area contributed by atoms with Crippen molar-refractivity contribution in [3.63, 3.8) is 0 Å². The number of rotatable bonds is 3. The van der Waals surface area contributed by atoms with E-state index in [9.17, 15) is 4.79 Å². The zero-order valence-corrected chi connectivity index (χ0v) is 11.4. The second-order valence-corrected chi connectivity index (χ2v) is 4.69. The van der Waals surface area contributed by atoms with Crippen LogP contribution < -0.4 is 5.32 Å². The van der Waals surface area contributed by atoms with Gasteiger partial charge in [-0.3, -0.25) is 4.79 Å². The first-order valence-corrected chi connectivity index (χ1v) is 6.67. The minimum atomic E-state index is -0.244. The van der Waals surface area contributed by atoms with Gasteiger partial charge in [0.05, 0.1) is 11.7 Å². The lowest BCUT2D eigenvalue weighted by atomic mass is 10.0. The summed E-state index contributed by atoms with van der Waals surface area (Å²) in [5.74, 6) is 5.36.